The van der Waals surface area contributed by atoms with E-state index in [1.54, 1.807) is 6.92 Å². The number of ether oxygens (including phenoxy) is 2. The van der Waals surface area contributed by atoms with Gasteiger partial charge in [-0.3, -0.25) is 9.59 Å². The average Bonchev–Trinajstić information content (AvgIpc) is 3.51. The van der Waals surface area contributed by atoms with Gasteiger partial charge in [-0.25, -0.2) is 0 Å². The van der Waals surface area contributed by atoms with Crippen LogP contribution in [-0.2, 0) is 19.1 Å². The Morgan fingerprint density at radius 2 is 1.46 bits per heavy atom. The molecule has 0 unspecified atom stereocenters. The van der Waals surface area contributed by atoms with E-state index >= 15 is 0 Å². The summed E-state index contributed by atoms with van der Waals surface area (Å²) < 4.78 is 12.1. The molecule has 0 aromatic carbocycles. The second-order valence-electron chi connectivity index (χ2n) is 17.6. The van der Waals surface area contributed by atoms with Crippen LogP contribution in [0.3, 0.4) is 0 Å². The summed E-state index contributed by atoms with van der Waals surface area (Å²) in [5.74, 6) is 3.08. The Balaban J connectivity index is 1.34. The van der Waals surface area contributed by atoms with E-state index in [9.17, 15) is 9.59 Å². The van der Waals surface area contributed by atoms with E-state index in [0.717, 1.165) is 38.5 Å². The second-order valence-corrected chi connectivity index (χ2v) is 17.6. The van der Waals surface area contributed by atoms with Crippen LogP contribution in [-0.4, -0.2) is 24.6 Å². The third-order valence-electron chi connectivity index (χ3n) is 15.8. The van der Waals surface area contributed by atoms with Crippen LogP contribution in [0.2, 0.25) is 0 Å². The van der Waals surface area contributed by atoms with Crippen molar-refractivity contribution < 1.29 is 19.1 Å². The van der Waals surface area contributed by atoms with Crippen molar-refractivity contribution in [3.63, 3.8) is 0 Å². The molecule has 0 spiro atoms. The Morgan fingerprint density at radius 3 is 2.12 bits per heavy atom. The first kappa shape index (κ1) is 30.0. The van der Waals surface area contributed by atoms with Crippen LogP contribution in [0.25, 0.3) is 0 Å². The maximum Gasteiger partial charge on any atom is 0.312 e. The minimum Gasteiger partial charge on any atom is -0.465 e. The standard InChI is InChI=1S/C37H60O4/c1-9-10-23-40-31(39)37-18-13-25(33(5)19-20-33)30(37)26-11-12-28-34(6)16-15-29(41-24(2)38)32(3,4)27(34)14-17-36(28,8)35(26,7)21-22-37/h25-30H,9-23H2,1-8H3/t25-,26-,27+,28-,29+,30-,34+,35-,36-,37+/m1/s1. The van der Waals surface area contributed by atoms with E-state index in [-0.39, 0.29) is 45.1 Å². The molecule has 0 aliphatic heterocycles. The summed E-state index contributed by atoms with van der Waals surface area (Å²) in [5, 5.41) is 0. The fourth-order valence-corrected chi connectivity index (χ4v) is 13.1. The number of rotatable bonds is 6. The first-order valence-electron chi connectivity index (χ1n) is 17.5. The average molecular weight is 569 g/mol. The summed E-state index contributed by atoms with van der Waals surface area (Å²) in [4.78, 5) is 26.1. The highest BCUT2D eigenvalue weighted by atomic mass is 16.5. The van der Waals surface area contributed by atoms with Crippen molar-refractivity contribution in [2.45, 2.75) is 151 Å². The third-order valence-corrected chi connectivity index (χ3v) is 15.8. The third kappa shape index (κ3) is 4.09. The number of carbonyl (C=O) groups is 2. The maximum absolute atomic E-state index is 14.1. The van der Waals surface area contributed by atoms with Gasteiger partial charge < -0.3 is 9.47 Å². The lowest BCUT2D eigenvalue weighted by Gasteiger charge is -2.72. The molecule has 6 aliphatic rings. The van der Waals surface area contributed by atoms with Gasteiger partial charge in [0, 0.05) is 12.3 Å². The van der Waals surface area contributed by atoms with Crippen molar-refractivity contribution in [2.75, 3.05) is 6.61 Å². The van der Waals surface area contributed by atoms with Crippen LogP contribution in [0.1, 0.15) is 145 Å². The number of esters is 2. The molecule has 232 valence electrons. The topological polar surface area (TPSA) is 52.6 Å². The Morgan fingerprint density at radius 1 is 0.732 bits per heavy atom. The van der Waals surface area contributed by atoms with Gasteiger partial charge in [-0.15, -0.1) is 0 Å². The van der Waals surface area contributed by atoms with Gasteiger partial charge in [-0.1, -0.05) is 54.9 Å². The molecule has 0 aromatic rings. The predicted molar refractivity (Wildman–Crippen MR) is 163 cm³/mol. The number of fused-ring (bicyclic) bond motifs is 7. The molecule has 6 saturated carbocycles. The van der Waals surface area contributed by atoms with Gasteiger partial charge in [0.1, 0.15) is 6.10 Å². The highest BCUT2D eigenvalue weighted by Crippen LogP contribution is 2.79. The maximum atomic E-state index is 14.1. The first-order chi connectivity index (χ1) is 19.2. The number of hydrogen-bond donors (Lipinski definition) is 0. The highest BCUT2D eigenvalue weighted by molar-refractivity contribution is 5.78. The summed E-state index contributed by atoms with van der Waals surface area (Å²) in [7, 11) is 0. The van der Waals surface area contributed by atoms with Gasteiger partial charge in [0.25, 0.3) is 0 Å². The normalized spacial score (nSPS) is 49.1. The van der Waals surface area contributed by atoms with Crippen LogP contribution in [0.5, 0.6) is 0 Å². The highest BCUT2D eigenvalue weighted by Gasteiger charge is 2.73. The lowest BCUT2D eigenvalue weighted by Crippen LogP contribution is -2.67. The smallest absolute Gasteiger partial charge is 0.312 e. The molecular weight excluding hydrogens is 508 g/mol. The molecule has 0 saturated heterocycles. The molecule has 0 radical (unpaired) electrons. The zero-order valence-electron chi connectivity index (χ0n) is 27.7. The molecule has 4 heteroatoms. The van der Waals surface area contributed by atoms with Crippen LogP contribution in [0.4, 0.5) is 0 Å². The number of unbranched alkanes of at least 4 members (excludes halogenated alkanes) is 1. The zero-order valence-corrected chi connectivity index (χ0v) is 27.7. The van der Waals surface area contributed by atoms with E-state index in [0.29, 0.717) is 41.6 Å². The minimum atomic E-state index is -0.247. The van der Waals surface area contributed by atoms with Gasteiger partial charge in [0.15, 0.2) is 0 Å². The summed E-state index contributed by atoms with van der Waals surface area (Å²) >= 11 is 0. The Bertz CT molecular complexity index is 1060. The Kier molecular flexibility index (Phi) is 7.11. The van der Waals surface area contributed by atoms with Gasteiger partial charge in [0.2, 0.25) is 0 Å². The van der Waals surface area contributed by atoms with Gasteiger partial charge >= 0.3 is 11.9 Å². The van der Waals surface area contributed by atoms with Crippen LogP contribution in [0, 0.1) is 62.1 Å². The summed E-state index contributed by atoms with van der Waals surface area (Å²) in [6.07, 6.45) is 16.5. The van der Waals surface area contributed by atoms with Crippen molar-refractivity contribution in [1.82, 2.24) is 0 Å². The molecular formula is C37H60O4. The van der Waals surface area contributed by atoms with Crippen molar-refractivity contribution >= 4 is 11.9 Å². The molecule has 6 aliphatic carbocycles. The first-order valence-corrected chi connectivity index (χ1v) is 17.5. The lowest BCUT2D eigenvalue weighted by atomic mass is 9.32. The van der Waals surface area contributed by atoms with E-state index < -0.39 is 0 Å². The van der Waals surface area contributed by atoms with Gasteiger partial charge in [-0.05, 0) is 135 Å². The SMILES string of the molecule is CCCCOC(=O)[C@]12CC[C@@H](C3(C)CC3)[C@@H]1[C@H]1CC[C@@H]3[C@@]4(C)CC[C@H](OC(C)=O)C(C)(C)[C@@H]4CC[C@@]3(C)[C@]1(C)CC2. The Hall–Kier alpha value is -1.06. The quantitative estimate of drug-likeness (QED) is 0.237. The van der Waals surface area contributed by atoms with Crippen molar-refractivity contribution in [3.05, 3.63) is 0 Å². The molecule has 4 nitrogen and oxygen atoms in total. The number of carbonyl (C=O) groups excluding carboxylic acids is 2. The van der Waals surface area contributed by atoms with E-state index in [4.69, 9.17) is 9.47 Å². The summed E-state index contributed by atoms with van der Waals surface area (Å²) in [6.45, 7) is 19.6. The van der Waals surface area contributed by atoms with Crippen LogP contribution < -0.4 is 0 Å². The Labute approximate surface area is 250 Å². The number of hydrogen-bond acceptors (Lipinski definition) is 4. The zero-order chi connectivity index (χ0) is 29.6. The van der Waals surface area contributed by atoms with Gasteiger partial charge in [0.05, 0.1) is 12.0 Å². The van der Waals surface area contributed by atoms with Crippen LogP contribution >= 0.6 is 0 Å². The summed E-state index contributed by atoms with van der Waals surface area (Å²) in [6, 6.07) is 0. The van der Waals surface area contributed by atoms with E-state index in [1.165, 1.54) is 51.4 Å². The second kappa shape index (κ2) is 9.72. The molecule has 0 N–H and O–H groups in total. The fourth-order valence-electron chi connectivity index (χ4n) is 13.1. The molecule has 6 fully saturated rings. The predicted octanol–water partition coefficient (Wildman–Crippen LogP) is 9.14. The van der Waals surface area contributed by atoms with Crippen molar-refractivity contribution in [1.29, 1.82) is 0 Å². The molecule has 0 heterocycles. The molecule has 0 aromatic heterocycles. The van der Waals surface area contributed by atoms with Crippen molar-refractivity contribution in [3.8, 4) is 0 Å². The molecule has 6 rings (SSSR count). The van der Waals surface area contributed by atoms with Crippen LogP contribution in [0.15, 0.2) is 0 Å². The molecule has 0 amide bonds. The van der Waals surface area contributed by atoms with Crippen molar-refractivity contribution in [2.24, 2.45) is 62.1 Å². The largest absolute Gasteiger partial charge is 0.465 e. The minimum absolute atomic E-state index is 0.00116. The fraction of sp³-hybridized carbons (Fsp3) is 0.946. The summed E-state index contributed by atoms with van der Waals surface area (Å²) in [5.41, 5.74) is 0.996. The van der Waals surface area contributed by atoms with Gasteiger partial charge in [-0.2, -0.15) is 0 Å². The lowest BCUT2D eigenvalue weighted by molar-refractivity contribution is -0.252. The van der Waals surface area contributed by atoms with E-state index in [1.807, 2.05) is 0 Å². The molecule has 0 bridgehead atoms. The monoisotopic (exact) mass is 568 g/mol. The molecule has 41 heavy (non-hydrogen) atoms. The molecule has 10 atom stereocenters. The van der Waals surface area contributed by atoms with E-state index in [2.05, 4.69) is 48.5 Å².